The molecular weight excluding hydrogens is 507 g/mol. The van der Waals surface area contributed by atoms with Crippen LogP contribution in [0.4, 0.5) is 0 Å². The van der Waals surface area contributed by atoms with Gasteiger partial charge in [0, 0.05) is 17.7 Å². The molecule has 7 heteroatoms. The Bertz CT molecular complexity index is 1330. The number of para-hydroxylation sites is 1. The summed E-state index contributed by atoms with van der Waals surface area (Å²) in [6, 6.07) is 30.7. The standard InChI is InChI=1S/C32H38N2O.H3O3P/c1-3-26(4-2)18-10-5-6-17-25-33-30(27-19-11-7-12-20-27)31(28-21-13-8-14-22-28)34(32(33)35)29-23-15-9-16-24-29;1-4(2)3/h7-9,11-16,19-24,26H,3-6,10,17-18,25H2,1-2H3;4H,(H2,1,2,3). The minimum absolute atomic E-state index is 0.0333. The topological polar surface area (TPSA) is 84.5 Å². The van der Waals surface area contributed by atoms with Gasteiger partial charge in [-0.25, -0.2) is 4.79 Å². The van der Waals surface area contributed by atoms with E-state index in [2.05, 4.69) is 50.2 Å². The van der Waals surface area contributed by atoms with Crippen molar-refractivity contribution in [2.75, 3.05) is 0 Å². The first kappa shape index (κ1) is 30.4. The molecule has 2 N–H and O–H groups in total. The van der Waals surface area contributed by atoms with Crippen LogP contribution in [0.15, 0.2) is 95.8 Å². The van der Waals surface area contributed by atoms with Crippen LogP contribution in [0.1, 0.15) is 58.8 Å². The number of aromatic nitrogens is 2. The summed E-state index contributed by atoms with van der Waals surface area (Å²) in [5, 5.41) is 0. The van der Waals surface area contributed by atoms with Crippen LogP contribution in [-0.2, 0) is 11.1 Å². The van der Waals surface area contributed by atoms with Crippen LogP contribution >= 0.6 is 8.25 Å². The third-order valence-corrected chi connectivity index (χ3v) is 7.15. The van der Waals surface area contributed by atoms with Crippen molar-refractivity contribution in [2.45, 2.75) is 65.3 Å². The SMILES string of the molecule is CCC(CC)CCCCCCn1c(-c2ccccc2)c(-c2ccccc2)n(-c2ccccc2)c1=O.O=[PH](O)O. The minimum Gasteiger partial charge on any atom is -0.326 e. The summed E-state index contributed by atoms with van der Waals surface area (Å²) in [7, 11) is -3.13. The van der Waals surface area contributed by atoms with Crippen LogP contribution in [0.5, 0.6) is 0 Å². The average Bonchev–Trinajstić information content (AvgIpc) is 3.25. The van der Waals surface area contributed by atoms with Gasteiger partial charge in [-0.3, -0.25) is 13.7 Å². The zero-order valence-electron chi connectivity index (χ0n) is 23.0. The molecule has 0 bridgehead atoms. The Morgan fingerprint density at radius 2 is 1.15 bits per heavy atom. The maximum absolute atomic E-state index is 14.0. The van der Waals surface area contributed by atoms with E-state index in [1.54, 1.807) is 0 Å². The zero-order valence-corrected chi connectivity index (χ0v) is 24.0. The van der Waals surface area contributed by atoms with Crippen LogP contribution in [0.3, 0.4) is 0 Å². The van der Waals surface area contributed by atoms with Gasteiger partial charge in [0.05, 0.1) is 17.1 Å². The summed E-state index contributed by atoms with van der Waals surface area (Å²) < 4.78 is 12.6. The quantitative estimate of drug-likeness (QED) is 0.140. The van der Waals surface area contributed by atoms with E-state index in [0.717, 1.165) is 53.5 Å². The summed E-state index contributed by atoms with van der Waals surface area (Å²) in [4.78, 5) is 28.3. The maximum Gasteiger partial charge on any atom is 0.333 e. The third-order valence-electron chi connectivity index (χ3n) is 7.15. The molecule has 1 aromatic heterocycles. The Morgan fingerprint density at radius 1 is 0.692 bits per heavy atom. The molecule has 0 saturated heterocycles. The lowest BCUT2D eigenvalue weighted by Gasteiger charge is -2.12. The number of nitrogens with zero attached hydrogens (tertiary/aromatic N) is 2. The summed E-state index contributed by atoms with van der Waals surface area (Å²) in [5.41, 5.74) is 5.02. The Labute approximate surface area is 232 Å². The van der Waals surface area contributed by atoms with Gasteiger partial charge in [0.15, 0.2) is 0 Å². The molecular formula is C32H41N2O4P. The second-order valence-electron chi connectivity index (χ2n) is 9.70. The fraction of sp³-hybridized carbons (Fsp3) is 0.344. The van der Waals surface area contributed by atoms with Gasteiger partial charge >= 0.3 is 13.9 Å². The van der Waals surface area contributed by atoms with E-state index in [-0.39, 0.29) is 5.69 Å². The molecule has 0 saturated carbocycles. The molecule has 0 aliphatic heterocycles. The molecule has 0 radical (unpaired) electrons. The van der Waals surface area contributed by atoms with Crippen molar-refractivity contribution in [3.05, 3.63) is 101 Å². The molecule has 3 aromatic carbocycles. The molecule has 0 amide bonds. The lowest BCUT2D eigenvalue weighted by atomic mass is 9.96. The Balaban J connectivity index is 0.000000983. The minimum atomic E-state index is -3.13. The van der Waals surface area contributed by atoms with Crippen molar-refractivity contribution in [3.8, 4) is 28.2 Å². The van der Waals surface area contributed by atoms with Crippen LogP contribution in [-0.4, -0.2) is 18.9 Å². The average molecular weight is 549 g/mol. The van der Waals surface area contributed by atoms with Crippen molar-refractivity contribution < 1.29 is 14.4 Å². The number of hydrogen-bond acceptors (Lipinski definition) is 2. The van der Waals surface area contributed by atoms with Gasteiger partial charge in [-0.2, -0.15) is 0 Å². The molecule has 4 aromatic rings. The smallest absolute Gasteiger partial charge is 0.326 e. The van der Waals surface area contributed by atoms with Gasteiger partial charge in [0.1, 0.15) is 0 Å². The Hall–Kier alpha value is -3.18. The number of rotatable bonds is 12. The second kappa shape index (κ2) is 16.0. The lowest BCUT2D eigenvalue weighted by Crippen LogP contribution is -2.24. The van der Waals surface area contributed by atoms with E-state index in [0.29, 0.717) is 0 Å². The molecule has 4 rings (SSSR count). The highest BCUT2D eigenvalue weighted by Crippen LogP contribution is 2.33. The molecule has 0 atom stereocenters. The lowest BCUT2D eigenvalue weighted by molar-refractivity contribution is 0.405. The molecule has 39 heavy (non-hydrogen) atoms. The van der Waals surface area contributed by atoms with Gasteiger partial charge in [-0.05, 0) is 24.5 Å². The maximum atomic E-state index is 14.0. The first-order chi connectivity index (χ1) is 19.0. The van der Waals surface area contributed by atoms with Crippen LogP contribution in [0.2, 0.25) is 0 Å². The van der Waals surface area contributed by atoms with Crippen molar-refractivity contribution in [1.82, 2.24) is 9.13 Å². The van der Waals surface area contributed by atoms with Crippen molar-refractivity contribution in [1.29, 1.82) is 0 Å². The summed E-state index contributed by atoms with van der Waals surface area (Å²) in [6.07, 6.45) is 8.56. The second-order valence-corrected chi connectivity index (χ2v) is 10.3. The first-order valence-corrected chi connectivity index (χ1v) is 15.2. The molecule has 0 spiro atoms. The number of hydrogen-bond donors (Lipinski definition) is 2. The van der Waals surface area contributed by atoms with Crippen LogP contribution in [0.25, 0.3) is 28.2 Å². The first-order valence-electron chi connectivity index (χ1n) is 13.9. The van der Waals surface area contributed by atoms with Crippen LogP contribution < -0.4 is 5.69 Å². The van der Waals surface area contributed by atoms with Crippen molar-refractivity contribution >= 4 is 8.25 Å². The van der Waals surface area contributed by atoms with Gasteiger partial charge in [0.2, 0.25) is 0 Å². The van der Waals surface area contributed by atoms with E-state index in [1.807, 2.05) is 63.7 Å². The highest BCUT2D eigenvalue weighted by Gasteiger charge is 2.23. The Kier molecular flexibility index (Phi) is 12.5. The van der Waals surface area contributed by atoms with E-state index in [1.165, 1.54) is 32.1 Å². The zero-order chi connectivity index (χ0) is 28.0. The van der Waals surface area contributed by atoms with E-state index in [4.69, 9.17) is 14.4 Å². The van der Waals surface area contributed by atoms with Crippen molar-refractivity contribution in [3.63, 3.8) is 0 Å². The van der Waals surface area contributed by atoms with Gasteiger partial charge in [-0.1, -0.05) is 131 Å². The molecule has 0 unspecified atom stereocenters. The predicted molar refractivity (Wildman–Crippen MR) is 161 cm³/mol. The molecule has 0 fully saturated rings. The largest absolute Gasteiger partial charge is 0.333 e. The van der Waals surface area contributed by atoms with Gasteiger partial charge in [0.25, 0.3) is 0 Å². The molecule has 0 aliphatic carbocycles. The van der Waals surface area contributed by atoms with E-state index >= 15 is 0 Å². The fourth-order valence-electron chi connectivity index (χ4n) is 5.07. The molecule has 0 aliphatic rings. The number of benzene rings is 3. The van der Waals surface area contributed by atoms with E-state index in [9.17, 15) is 4.79 Å². The van der Waals surface area contributed by atoms with Gasteiger partial charge in [-0.15, -0.1) is 0 Å². The van der Waals surface area contributed by atoms with Crippen LogP contribution in [0, 0.1) is 5.92 Å². The molecule has 208 valence electrons. The molecule has 1 heterocycles. The highest BCUT2D eigenvalue weighted by atomic mass is 31.1. The predicted octanol–water partition coefficient (Wildman–Crippen LogP) is 7.72. The fourth-order valence-corrected chi connectivity index (χ4v) is 5.07. The highest BCUT2D eigenvalue weighted by molar-refractivity contribution is 7.30. The monoisotopic (exact) mass is 548 g/mol. The molecule has 6 nitrogen and oxygen atoms in total. The van der Waals surface area contributed by atoms with E-state index < -0.39 is 8.25 Å². The Morgan fingerprint density at radius 3 is 1.67 bits per heavy atom. The number of unbranched alkanes of at least 4 members (excludes halogenated alkanes) is 3. The normalized spacial score (nSPS) is 11.0. The summed E-state index contributed by atoms with van der Waals surface area (Å²) >= 11 is 0. The van der Waals surface area contributed by atoms with Crippen molar-refractivity contribution in [2.24, 2.45) is 5.92 Å². The third kappa shape index (κ3) is 8.66. The summed E-state index contributed by atoms with van der Waals surface area (Å²) in [6.45, 7) is 5.33. The summed E-state index contributed by atoms with van der Waals surface area (Å²) in [5.74, 6) is 0.857. The van der Waals surface area contributed by atoms with Gasteiger partial charge < -0.3 is 9.79 Å². The number of imidazole rings is 1.